The van der Waals surface area contributed by atoms with Gasteiger partial charge in [-0.2, -0.15) is 0 Å². The molecule has 2 fully saturated rings. The number of ether oxygens (including phenoxy) is 1. The molecule has 2 saturated heterocycles. The summed E-state index contributed by atoms with van der Waals surface area (Å²) >= 11 is 0. The number of hydrogen-bond donors (Lipinski definition) is 5. The lowest BCUT2D eigenvalue weighted by Gasteiger charge is -2.28. The van der Waals surface area contributed by atoms with E-state index >= 15 is 0 Å². The van der Waals surface area contributed by atoms with Gasteiger partial charge in [-0.15, -0.1) is 0 Å². The molecule has 1 aromatic rings. The lowest BCUT2D eigenvalue weighted by atomic mass is 10.0. The highest BCUT2D eigenvalue weighted by molar-refractivity contribution is 5.96. The van der Waals surface area contributed by atoms with Gasteiger partial charge in [0, 0.05) is 20.0 Å². The van der Waals surface area contributed by atoms with Crippen molar-refractivity contribution in [3.8, 4) is 0 Å². The molecule has 0 saturated carbocycles. The van der Waals surface area contributed by atoms with Crippen LogP contribution in [0.2, 0.25) is 0 Å². The van der Waals surface area contributed by atoms with E-state index in [0.717, 1.165) is 5.56 Å². The molecule has 4 atom stereocenters. The van der Waals surface area contributed by atoms with E-state index in [2.05, 4.69) is 26.6 Å². The number of nitrogens with zero attached hydrogens (tertiary/aromatic N) is 2. The lowest BCUT2D eigenvalue weighted by Crippen LogP contribution is -2.59. The van der Waals surface area contributed by atoms with Crippen LogP contribution in [0.1, 0.15) is 39.2 Å². The molecule has 1 aromatic carbocycles. The number of rotatable bonds is 6. The molecule has 2 aliphatic rings. The molecule has 2 heterocycles. The van der Waals surface area contributed by atoms with E-state index in [1.54, 1.807) is 13.8 Å². The highest BCUT2D eigenvalue weighted by Gasteiger charge is 2.33. The zero-order valence-corrected chi connectivity index (χ0v) is 26.1. The van der Waals surface area contributed by atoms with Crippen molar-refractivity contribution >= 4 is 41.5 Å². The van der Waals surface area contributed by atoms with Crippen LogP contribution in [0.5, 0.6) is 0 Å². The quantitative estimate of drug-likeness (QED) is 0.255. The Labute approximate surface area is 262 Å². The van der Waals surface area contributed by atoms with Crippen LogP contribution in [0.4, 0.5) is 4.79 Å². The molecule has 0 radical (unpaired) electrons. The Morgan fingerprint density at radius 3 is 2.36 bits per heavy atom. The van der Waals surface area contributed by atoms with E-state index in [-0.39, 0.29) is 52.0 Å². The maximum Gasteiger partial charge on any atom is 0.410 e. The van der Waals surface area contributed by atoms with E-state index in [1.165, 1.54) is 23.8 Å². The third-order valence-electron chi connectivity index (χ3n) is 7.48. The van der Waals surface area contributed by atoms with Crippen molar-refractivity contribution in [2.75, 3.05) is 39.8 Å². The molecule has 15 nitrogen and oxygen atoms in total. The van der Waals surface area contributed by atoms with Crippen LogP contribution in [0.3, 0.4) is 0 Å². The molecule has 246 valence electrons. The predicted molar refractivity (Wildman–Crippen MR) is 161 cm³/mol. The van der Waals surface area contributed by atoms with Crippen molar-refractivity contribution in [2.24, 2.45) is 5.92 Å². The molecule has 0 aliphatic carbocycles. The molecule has 7 amide bonds. The first-order valence-corrected chi connectivity index (χ1v) is 15.0. The fourth-order valence-corrected chi connectivity index (χ4v) is 4.90. The second-order valence-corrected chi connectivity index (χ2v) is 11.6. The molecule has 0 unspecified atom stereocenters. The normalized spacial score (nSPS) is 24.6. The van der Waals surface area contributed by atoms with Gasteiger partial charge in [-0.1, -0.05) is 44.2 Å². The summed E-state index contributed by atoms with van der Waals surface area (Å²) in [6.07, 6.45) is -0.0991. The average Bonchev–Trinajstić information content (AvgIpc) is 3.39. The third-order valence-corrected chi connectivity index (χ3v) is 7.48. The topological polar surface area (TPSA) is 195 Å². The Kier molecular flexibility index (Phi) is 12.7. The van der Waals surface area contributed by atoms with E-state index in [9.17, 15) is 33.6 Å². The number of nitrogens with one attached hydrogen (secondary N) is 5. The van der Waals surface area contributed by atoms with Gasteiger partial charge in [-0.05, 0) is 31.2 Å². The molecule has 15 heteroatoms. The third kappa shape index (κ3) is 10.5. The largest absolute Gasteiger partial charge is 0.448 e. The summed E-state index contributed by atoms with van der Waals surface area (Å²) in [6, 6.07) is 4.83. The number of amides is 7. The predicted octanol–water partition coefficient (Wildman–Crippen LogP) is -1.34. The number of cyclic esters (lactones) is 1. The Bertz CT molecular complexity index is 1260. The maximum absolute atomic E-state index is 13.4. The van der Waals surface area contributed by atoms with Crippen LogP contribution in [0.15, 0.2) is 30.3 Å². The van der Waals surface area contributed by atoms with E-state index < -0.39 is 71.6 Å². The van der Waals surface area contributed by atoms with Crippen LogP contribution in [-0.2, 0) is 39.9 Å². The highest BCUT2D eigenvalue weighted by atomic mass is 16.6. The van der Waals surface area contributed by atoms with Crippen LogP contribution < -0.4 is 26.6 Å². The minimum Gasteiger partial charge on any atom is -0.448 e. The average molecular weight is 630 g/mol. The van der Waals surface area contributed by atoms with Crippen molar-refractivity contribution in [1.82, 2.24) is 36.4 Å². The zero-order chi connectivity index (χ0) is 33.1. The van der Waals surface area contributed by atoms with Crippen LogP contribution >= 0.6 is 0 Å². The second kappa shape index (κ2) is 16.4. The van der Waals surface area contributed by atoms with Gasteiger partial charge in [0.2, 0.25) is 35.4 Å². The van der Waals surface area contributed by atoms with Gasteiger partial charge in [-0.3, -0.25) is 33.7 Å². The standard InChI is InChI=1S/C30H43N7O8/c1-18(2)25-28(42)32-19(3)26(40)34-22(15-20-9-6-5-7-10-20)29(43)36(4)16-23(38)31-12-8-11-21(27(41)35-25)33-24(39)17-37-13-14-45-30(37)44/h5-7,9-10,18-19,21-22,25H,8,11-17H2,1-4H3,(H,31,38)(H,32,42)(H,33,39)(H,34,40)(H,35,41)/t19-,21+,22+,25-/m1/s1. The van der Waals surface area contributed by atoms with Gasteiger partial charge in [0.1, 0.15) is 37.3 Å². The molecule has 45 heavy (non-hydrogen) atoms. The SMILES string of the molecule is CC(C)[C@H]1NC(=O)[C@@H](NC(=O)CN2CCOC2=O)CCCNC(=O)CN(C)C(=O)[C@H](Cc2ccccc2)NC(=O)[C@@H](C)NC1=O. The summed E-state index contributed by atoms with van der Waals surface area (Å²) in [5.74, 6) is -3.82. The summed E-state index contributed by atoms with van der Waals surface area (Å²) < 4.78 is 4.84. The summed E-state index contributed by atoms with van der Waals surface area (Å²) in [5, 5.41) is 13.3. The van der Waals surface area contributed by atoms with Crippen molar-refractivity contribution in [3.05, 3.63) is 35.9 Å². The number of hydrogen-bond acceptors (Lipinski definition) is 8. The Morgan fingerprint density at radius 1 is 1.00 bits per heavy atom. The first-order valence-electron chi connectivity index (χ1n) is 15.0. The number of carbonyl (C=O) groups is 7. The Balaban J connectivity index is 1.80. The van der Waals surface area contributed by atoms with Gasteiger partial charge in [0.05, 0.1) is 13.1 Å². The minimum atomic E-state index is -1.09. The smallest absolute Gasteiger partial charge is 0.410 e. The number of carbonyl (C=O) groups excluding carboxylic acids is 7. The lowest BCUT2D eigenvalue weighted by molar-refractivity contribution is -0.139. The fourth-order valence-electron chi connectivity index (χ4n) is 4.90. The first kappa shape index (κ1) is 34.8. The minimum absolute atomic E-state index is 0.0987. The van der Waals surface area contributed by atoms with Gasteiger partial charge < -0.3 is 36.2 Å². The maximum atomic E-state index is 13.4. The van der Waals surface area contributed by atoms with Crippen molar-refractivity contribution < 1.29 is 38.3 Å². The highest BCUT2D eigenvalue weighted by Crippen LogP contribution is 2.09. The summed E-state index contributed by atoms with van der Waals surface area (Å²) in [7, 11) is 1.45. The summed E-state index contributed by atoms with van der Waals surface area (Å²) in [5.41, 5.74) is 0.789. The molecule has 0 spiro atoms. The van der Waals surface area contributed by atoms with E-state index in [0.29, 0.717) is 0 Å². The van der Waals surface area contributed by atoms with Gasteiger partial charge in [0.15, 0.2) is 0 Å². The monoisotopic (exact) mass is 629 g/mol. The van der Waals surface area contributed by atoms with E-state index in [1.807, 2.05) is 30.3 Å². The Morgan fingerprint density at radius 2 is 1.71 bits per heavy atom. The van der Waals surface area contributed by atoms with Crippen molar-refractivity contribution in [1.29, 1.82) is 0 Å². The second-order valence-electron chi connectivity index (χ2n) is 11.6. The molecule has 5 N–H and O–H groups in total. The Hall–Kier alpha value is -4.69. The molecule has 3 rings (SSSR count). The fraction of sp³-hybridized carbons (Fsp3) is 0.567. The molecular formula is C30H43N7O8. The molecular weight excluding hydrogens is 586 g/mol. The van der Waals surface area contributed by atoms with Crippen LogP contribution in [-0.4, -0.2) is 115 Å². The van der Waals surface area contributed by atoms with Crippen LogP contribution in [0, 0.1) is 5.92 Å². The summed E-state index contributed by atoms with van der Waals surface area (Å²) in [4.78, 5) is 92.9. The van der Waals surface area contributed by atoms with Gasteiger partial charge in [-0.25, -0.2) is 4.79 Å². The molecule has 0 aromatic heterocycles. The van der Waals surface area contributed by atoms with Gasteiger partial charge >= 0.3 is 6.09 Å². The number of benzene rings is 1. The molecule has 0 bridgehead atoms. The van der Waals surface area contributed by atoms with Crippen molar-refractivity contribution in [3.63, 3.8) is 0 Å². The van der Waals surface area contributed by atoms with Crippen LogP contribution in [0.25, 0.3) is 0 Å². The first-order chi connectivity index (χ1) is 21.3. The molecule has 2 aliphatic heterocycles. The van der Waals surface area contributed by atoms with Gasteiger partial charge in [0.25, 0.3) is 0 Å². The summed E-state index contributed by atoms with van der Waals surface area (Å²) in [6.45, 7) is 4.82. The number of likely N-dealkylation sites (N-methyl/N-ethyl adjacent to an activating group) is 1. The van der Waals surface area contributed by atoms with E-state index in [4.69, 9.17) is 4.74 Å². The van der Waals surface area contributed by atoms with Crippen molar-refractivity contribution in [2.45, 2.75) is 64.2 Å². The zero-order valence-electron chi connectivity index (χ0n) is 26.1.